The van der Waals surface area contributed by atoms with Crippen molar-refractivity contribution in [3.8, 4) is 0 Å². The number of likely N-dealkylation sites (tertiary alicyclic amines) is 1. The smallest absolute Gasteiger partial charge is 0.145 e. The molecule has 13 heavy (non-hydrogen) atoms. The summed E-state index contributed by atoms with van der Waals surface area (Å²) in [7, 11) is 0. The van der Waals surface area contributed by atoms with Gasteiger partial charge in [-0.2, -0.15) is 0 Å². The fraction of sp³-hybridized carbons (Fsp3) is 0.900. The molecule has 2 rings (SSSR count). The van der Waals surface area contributed by atoms with Gasteiger partial charge in [0.05, 0.1) is 0 Å². The molecule has 2 aliphatic rings. The van der Waals surface area contributed by atoms with Gasteiger partial charge in [0.25, 0.3) is 0 Å². The van der Waals surface area contributed by atoms with Crippen LogP contribution >= 0.6 is 0 Å². The summed E-state index contributed by atoms with van der Waals surface area (Å²) in [5, 5.41) is 3.89. The SMILES string of the molecule is CC(C)N1CCC2(CC=NO2)CC1. The van der Waals surface area contributed by atoms with Crippen LogP contribution in [0.1, 0.15) is 33.1 Å². The molecular formula is C10H18N2O. The fourth-order valence-electron chi connectivity index (χ4n) is 2.13. The van der Waals surface area contributed by atoms with Gasteiger partial charge in [0.2, 0.25) is 0 Å². The normalized spacial score (nSPS) is 27.0. The van der Waals surface area contributed by atoms with Crippen molar-refractivity contribution in [1.29, 1.82) is 0 Å². The lowest BCUT2D eigenvalue weighted by atomic mass is 9.88. The summed E-state index contributed by atoms with van der Waals surface area (Å²) in [6, 6.07) is 0.666. The van der Waals surface area contributed by atoms with E-state index in [2.05, 4.69) is 23.9 Å². The van der Waals surface area contributed by atoms with E-state index in [0.717, 1.165) is 32.4 Å². The molecule has 0 aromatic heterocycles. The van der Waals surface area contributed by atoms with E-state index < -0.39 is 0 Å². The molecule has 0 amide bonds. The first kappa shape index (κ1) is 9.00. The Labute approximate surface area is 79.7 Å². The number of hydrogen-bond donors (Lipinski definition) is 0. The third-order valence-corrected chi connectivity index (χ3v) is 3.22. The van der Waals surface area contributed by atoms with Crippen LogP contribution in [0.15, 0.2) is 5.16 Å². The van der Waals surface area contributed by atoms with E-state index in [-0.39, 0.29) is 5.60 Å². The lowest BCUT2D eigenvalue weighted by molar-refractivity contribution is -0.0656. The first-order chi connectivity index (χ1) is 6.22. The molecule has 1 spiro atoms. The molecule has 0 N–H and O–H groups in total. The summed E-state index contributed by atoms with van der Waals surface area (Å²) in [5.74, 6) is 0. The minimum absolute atomic E-state index is 0.0748. The fourth-order valence-corrected chi connectivity index (χ4v) is 2.13. The zero-order valence-electron chi connectivity index (χ0n) is 8.49. The zero-order valence-corrected chi connectivity index (χ0v) is 8.49. The maximum absolute atomic E-state index is 5.45. The van der Waals surface area contributed by atoms with Crippen molar-refractivity contribution in [1.82, 2.24) is 4.90 Å². The quantitative estimate of drug-likeness (QED) is 0.616. The second-order valence-electron chi connectivity index (χ2n) is 4.40. The van der Waals surface area contributed by atoms with Crippen LogP contribution in [0.25, 0.3) is 0 Å². The number of hydrogen-bond acceptors (Lipinski definition) is 3. The average Bonchev–Trinajstić information content (AvgIpc) is 2.54. The minimum atomic E-state index is 0.0748. The van der Waals surface area contributed by atoms with Crippen LogP contribution < -0.4 is 0 Å². The highest BCUT2D eigenvalue weighted by atomic mass is 16.7. The summed E-state index contributed by atoms with van der Waals surface area (Å²) in [5.41, 5.74) is 0.0748. The van der Waals surface area contributed by atoms with Crippen LogP contribution in [0.5, 0.6) is 0 Å². The molecule has 2 heterocycles. The molecular weight excluding hydrogens is 164 g/mol. The van der Waals surface area contributed by atoms with E-state index >= 15 is 0 Å². The van der Waals surface area contributed by atoms with E-state index in [1.165, 1.54) is 0 Å². The van der Waals surface area contributed by atoms with Gasteiger partial charge in [-0.25, -0.2) is 0 Å². The summed E-state index contributed by atoms with van der Waals surface area (Å²) in [6.07, 6.45) is 5.18. The molecule has 0 aliphatic carbocycles. The second-order valence-corrected chi connectivity index (χ2v) is 4.40. The highest BCUT2D eigenvalue weighted by Gasteiger charge is 2.39. The lowest BCUT2D eigenvalue weighted by Crippen LogP contribution is -2.46. The van der Waals surface area contributed by atoms with Gasteiger partial charge in [-0.1, -0.05) is 5.16 Å². The summed E-state index contributed by atoms with van der Waals surface area (Å²) in [4.78, 5) is 7.96. The predicted molar refractivity (Wildman–Crippen MR) is 52.9 cm³/mol. The molecule has 0 unspecified atom stereocenters. The van der Waals surface area contributed by atoms with Gasteiger partial charge in [-0.15, -0.1) is 0 Å². The molecule has 0 aromatic rings. The Morgan fingerprint density at radius 1 is 1.38 bits per heavy atom. The molecule has 0 bridgehead atoms. The third kappa shape index (κ3) is 1.70. The maximum Gasteiger partial charge on any atom is 0.145 e. The van der Waals surface area contributed by atoms with Gasteiger partial charge in [0, 0.05) is 44.6 Å². The topological polar surface area (TPSA) is 24.8 Å². The number of piperidine rings is 1. The summed E-state index contributed by atoms with van der Waals surface area (Å²) >= 11 is 0. The van der Waals surface area contributed by atoms with Crippen molar-refractivity contribution in [3.05, 3.63) is 0 Å². The Morgan fingerprint density at radius 2 is 2.08 bits per heavy atom. The van der Waals surface area contributed by atoms with Crippen LogP contribution in [-0.2, 0) is 4.84 Å². The van der Waals surface area contributed by atoms with Crippen molar-refractivity contribution in [2.45, 2.75) is 44.8 Å². The van der Waals surface area contributed by atoms with E-state index in [9.17, 15) is 0 Å². The van der Waals surface area contributed by atoms with Crippen molar-refractivity contribution in [2.24, 2.45) is 5.16 Å². The van der Waals surface area contributed by atoms with Crippen LogP contribution in [-0.4, -0.2) is 35.8 Å². The largest absolute Gasteiger partial charge is 0.389 e. The Bertz CT molecular complexity index is 195. The van der Waals surface area contributed by atoms with Crippen molar-refractivity contribution in [2.75, 3.05) is 13.1 Å². The summed E-state index contributed by atoms with van der Waals surface area (Å²) in [6.45, 7) is 6.82. The molecule has 74 valence electrons. The molecule has 0 saturated carbocycles. The molecule has 2 aliphatic heterocycles. The third-order valence-electron chi connectivity index (χ3n) is 3.22. The van der Waals surface area contributed by atoms with E-state index in [1.54, 1.807) is 0 Å². The maximum atomic E-state index is 5.45. The van der Waals surface area contributed by atoms with Gasteiger partial charge in [-0.05, 0) is 13.8 Å². The van der Waals surface area contributed by atoms with E-state index in [4.69, 9.17) is 4.84 Å². The van der Waals surface area contributed by atoms with Crippen LogP contribution in [0.3, 0.4) is 0 Å². The monoisotopic (exact) mass is 182 g/mol. The first-order valence-corrected chi connectivity index (χ1v) is 5.16. The highest BCUT2D eigenvalue weighted by molar-refractivity contribution is 5.59. The van der Waals surface area contributed by atoms with Crippen LogP contribution in [0, 0.1) is 0 Å². The molecule has 3 nitrogen and oxygen atoms in total. The standard InChI is InChI=1S/C10H18N2O/c1-9(2)12-7-4-10(5-8-12)3-6-11-13-10/h6,9H,3-5,7-8H2,1-2H3. The van der Waals surface area contributed by atoms with Gasteiger partial charge in [-0.3, -0.25) is 0 Å². The number of nitrogens with zero attached hydrogens (tertiary/aromatic N) is 2. The Kier molecular flexibility index (Phi) is 2.28. The minimum Gasteiger partial charge on any atom is -0.389 e. The first-order valence-electron chi connectivity index (χ1n) is 5.16. The Morgan fingerprint density at radius 3 is 2.54 bits per heavy atom. The second kappa shape index (κ2) is 3.29. The molecule has 0 atom stereocenters. The molecule has 3 heteroatoms. The van der Waals surface area contributed by atoms with Crippen molar-refractivity contribution in [3.63, 3.8) is 0 Å². The van der Waals surface area contributed by atoms with E-state index in [1.807, 2.05) is 6.21 Å². The van der Waals surface area contributed by atoms with Crippen molar-refractivity contribution < 1.29 is 4.84 Å². The number of rotatable bonds is 1. The molecule has 0 aromatic carbocycles. The average molecular weight is 182 g/mol. The van der Waals surface area contributed by atoms with Crippen LogP contribution in [0.2, 0.25) is 0 Å². The van der Waals surface area contributed by atoms with Gasteiger partial charge >= 0.3 is 0 Å². The zero-order chi connectivity index (χ0) is 9.31. The Hall–Kier alpha value is -0.570. The van der Waals surface area contributed by atoms with E-state index in [0.29, 0.717) is 6.04 Å². The summed E-state index contributed by atoms with van der Waals surface area (Å²) < 4.78 is 0. The Balaban J connectivity index is 1.89. The number of oxime groups is 1. The molecule has 1 fully saturated rings. The van der Waals surface area contributed by atoms with Gasteiger partial charge in [0.15, 0.2) is 0 Å². The predicted octanol–water partition coefficient (Wildman–Crippen LogP) is 1.64. The highest BCUT2D eigenvalue weighted by Crippen LogP contribution is 2.32. The molecule has 1 saturated heterocycles. The van der Waals surface area contributed by atoms with Crippen LogP contribution in [0.4, 0.5) is 0 Å². The van der Waals surface area contributed by atoms with Gasteiger partial charge < -0.3 is 9.74 Å². The lowest BCUT2D eigenvalue weighted by Gasteiger charge is -2.38. The molecule has 0 radical (unpaired) electrons. The van der Waals surface area contributed by atoms with Crippen molar-refractivity contribution >= 4 is 6.21 Å². The van der Waals surface area contributed by atoms with Gasteiger partial charge in [0.1, 0.15) is 5.60 Å².